The van der Waals surface area contributed by atoms with Gasteiger partial charge >= 0.3 is 0 Å². The summed E-state index contributed by atoms with van der Waals surface area (Å²) in [6.07, 6.45) is 0. The van der Waals surface area contributed by atoms with E-state index >= 15 is 0 Å². The maximum atomic E-state index is 3.70. The van der Waals surface area contributed by atoms with Gasteiger partial charge in [-0.05, 0) is 46.5 Å². The highest BCUT2D eigenvalue weighted by atomic mass is 79.9. The normalized spacial score (nSPS) is 14.3. The number of rotatable bonds is 2. The highest BCUT2D eigenvalue weighted by Gasteiger charge is 2.43. The lowest BCUT2D eigenvalue weighted by Gasteiger charge is -2.41. The van der Waals surface area contributed by atoms with E-state index in [1.165, 1.54) is 32.0 Å². The van der Waals surface area contributed by atoms with E-state index in [0.717, 1.165) is 4.47 Å². The minimum atomic E-state index is -0.330. The minimum Gasteiger partial charge on any atom is -0.0894 e. The molecule has 0 nitrogen and oxygen atoms in total. The zero-order valence-electron chi connectivity index (χ0n) is 14.6. The van der Waals surface area contributed by atoms with Gasteiger partial charge in [-0.15, -0.1) is 0 Å². The Hall–Kier alpha value is -2.29. The molecule has 0 saturated heterocycles. The van der Waals surface area contributed by atoms with Crippen molar-refractivity contribution in [2.75, 3.05) is 0 Å². The van der Waals surface area contributed by atoms with Crippen LogP contribution in [0.1, 0.15) is 22.3 Å². The molecular formula is C25H17BrS. The Labute approximate surface area is 172 Å². The van der Waals surface area contributed by atoms with Crippen molar-refractivity contribution in [3.8, 4) is 0 Å². The zero-order valence-corrected chi connectivity index (χ0v) is 17.0. The van der Waals surface area contributed by atoms with Crippen LogP contribution < -0.4 is 0 Å². The van der Waals surface area contributed by atoms with Crippen molar-refractivity contribution in [3.05, 3.63) is 130 Å². The average molecular weight is 429 g/mol. The Kier molecular flexibility index (Phi) is 4.18. The first-order valence-corrected chi connectivity index (χ1v) is 10.6. The van der Waals surface area contributed by atoms with E-state index in [9.17, 15) is 0 Å². The topological polar surface area (TPSA) is 0 Å². The lowest BCUT2D eigenvalue weighted by molar-refractivity contribution is 0.702. The van der Waals surface area contributed by atoms with Crippen LogP contribution in [0.2, 0.25) is 0 Å². The molecule has 4 aromatic carbocycles. The second kappa shape index (κ2) is 6.70. The maximum absolute atomic E-state index is 3.70. The molecule has 1 heterocycles. The molecular weight excluding hydrogens is 412 g/mol. The first-order valence-electron chi connectivity index (χ1n) is 8.98. The molecule has 0 atom stereocenters. The number of hydrogen-bond acceptors (Lipinski definition) is 1. The van der Waals surface area contributed by atoms with Crippen molar-refractivity contribution in [1.29, 1.82) is 0 Å². The van der Waals surface area contributed by atoms with Crippen molar-refractivity contribution < 1.29 is 0 Å². The van der Waals surface area contributed by atoms with Crippen LogP contribution in [-0.4, -0.2) is 0 Å². The third-order valence-electron chi connectivity index (χ3n) is 5.27. The van der Waals surface area contributed by atoms with E-state index in [2.05, 4.69) is 119 Å². The molecule has 0 saturated carbocycles. The SMILES string of the molecule is Brc1cccc(C2(c3ccccc3)c3ccccc3Sc3ccccc32)c1. The van der Waals surface area contributed by atoms with Gasteiger partial charge in [-0.25, -0.2) is 0 Å². The third-order valence-corrected chi connectivity index (χ3v) is 6.91. The monoisotopic (exact) mass is 428 g/mol. The molecule has 0 amide bonds. The smallest absolute Gasteiger partial charge is 0.0723 e. The van der Waals surface area contributed by atoms with E-state index in [4.69, 9.17) is 0 Å². The number of hydrogen-bond donors (Lipinski definition) is 0. The van der Waals surface area contributed by atoms with Crippen LogP contribution in [0.4, 0.5) is 0 Å². The Bertz CT molecular complexity index is 1070. The van der Waals surface area contributed by atoms with Gasteiger partial charge in [0.2, 0.25) is 0 Å². The van der Waals surface area contributed by atoms with Crippen LogP contribution in [0.5, 0.6) is 0 Å². The molecule has 0 spiro atoms. The van der Waals surface area contributed by atoms with Crippen molar-refractivity contribution >= 4 is 27.7 Å². The highest BCUT2D eigenvalue weighted by molar-refractivity contribution is 9.10. The van der Waals surface area contributed by atoms with Crippen LogP contribution >= 0.6 is 27.7 Å². The summed E-state index contributed by atoms with van der Waals surface area (Å²) in [5, 5.41) is 0. The van der Waals surface area contributed by atoms with E-state index in [-0.39, 0.29) is 5.41 Å². The quantitative estimate of drug-likeness (QED) is 0.284. The summed E-state index contributed by atoms with van der Waals surface area (Å²) in [5.41, 5.74) is 4.94. The fourth-order valence-electron chi connectivity index (χ4n) is 4.19. The standard InChI is InChI=1S/C25H17BrS/c26-20-12-8-11-19(17-20)25(18-9-2-1-3-10-18)21-13-4-6-15-23(21)27-24-16-7-5-14-22(24)25/h1-17H. The van der Waals surface area contributed by atoms with Gasteiger partial charge in [0.15, 0.2) is 0 Å². The fraction of sp³-hybridized carbons (Fsp3) is 0.0400. The Morgan fingerprint density at radius 1 is 0.556 bits per heavy atom. The van der Waals surface area contributed by atoms with E-state index in [1.807, 2.05) is 11.8 Å². The van der Waals surface area contributed by atoms with Gasteiger partial charge in [0, 0.05) is 14.3 Å². The summed E-state index contributed by atoms with van der Waals surface area (Å²) >= 11 is 5.57. The fourth-order valence-corrected chi connectivity index (χ4v) is 5.78. The van der Waals surface area contributed by atoms with Crippen LogP contribution in [-0.2, 0) is 5.41 Å². The highest BCUT2D eigenvalue weighted by Crippen LogP contribution is 2.55. The van der Waals surface area contributed by atoms with Crippen LogP contribution in [0.25, 0.3) is 0 Å². The first-order chi connectivity index (χ1) is 13.3. The molecule has 0 bridgehead atoms. The summed E-state index contributed by atoms with van der Waals surface area (Å²) in [7, 11) is 0. The van der Waals surface area contributed by atoms with Gasteiger partial charge in [-0.1, -0.05) is 107 Å². The molecule has 0 N–H and O–H groups in total. The molecule has 0 aromatic heterocycles. The molecule has 4 aromatic rings. The number of benzene rings is 4. The van der Waals surface area contributed by atoms with Crippen LogP contribution in [0.15, 0.2) is 117 Å². The first kappa shape index (κ1) is 16.9. The van der Waals surface area contributed by atoms with Gasteiger partial charge in [0.25, 0.3) is 0 Å². The Balaban J connectivity index is 1.97. The summed E-state index contributed by atoms with van der Waals surface area (Å²) in [6, 6.07) is 37.3. The molecule has 1 aliphatic heterocycles. The summed E-state index contributed by atoms with van der Waals surface area (Å²) in [4.78, 5) is 2.64. The van der Waals surface area contributed by atoms with Gasteiger partial charge in [-0.3, -0.25) is 0 Å². The molecule has 0 unspecified atom stereocenters. The molecule has 27 heavy (non-hydrogen) atoms. The molecule has 0 radical (unpaired) electrons. The van der Waals surface area contributed by atoms with Crippen LogP contribution in [0, 0.1) is 0 Å². The van der Waals surface area contributed by atoms with Crippen molar-refractivity contribution in [2.45, 2.75) is 15.2 Å². The number of halogens is 1. The zero-order chi connectivity index (χ0) is 18.3. The summed E-state index contributed by atoms with van der Waals surface area (Å²) in [5.74, 6) is 0. The predicted octanol–water partition coefficient (Wildman–Crippen LogP) is 7.30. The second-order valence-corrected chi connectivity index (χ2v) is 8.72. The van der Waals surface area contributed by atoms with Crippen LogP contribution in [0.3, 0.4) is 0 Å². The van der Waals surface area contributed by atoms with E-state index in [1.54, 1.807) is 0 Å². The molecule has 1 aliphatic rings. The summed E-state index contributed by atoms with van der Waals surface area (Å²) < 4.78 is 1.10. The van der Waals surface area contributed by atoms with Gasteiger partial charge < -0.3 is 0 Å². The minimum absolute atomic E-state index is 0.330. The van der Waals surface area contributed by atoms with Gasteiger partial charge in [0.05, 0.1) is 5.41 Å². The molecule has 0 fully saturated rings. The van der Waals surface area contributed by atoms with E-state index < -0.39 is 0 Å². The predicted molar refractivity (Wildman–Crippen MR) is 117 cm³/mol. The van der Waals surface area contributed by atoms with Gasteiger partial charge in [0.1, 0.15) is 0 Å². The molecule has 0 aliphatic carbocycles. The maximum Gasteiger partial charge on any atom is 0.0723 e. The number of fused-ring (bicyclic) bond motifs is 2. The molecule has 130 valence electrons. The summed E-state index contributed by atoms with van der Waals surface area (Å²) in [6.45, 7) is 0. The Morgan fingerprint density at radius 2 is 1.11 bits per heavy atom. The van der Waals surface area contributed by atoms with Crippen molar-refractivity contribution in [1.82, 2.24) is 0 Å². The van der Waals surface area contributed by atoms with Crippen molar-refractivity contribution in [3.63, 3.8) is 0 Å². The largest absolute Gasteiger partial charge is 0.0894 e. The lowest BCUT2D eigenvalue weighted by Crippen LogP contribution is -2.34. The lowest BCUT2D eigenvalue weighted by atomic mass is 9.65. The molecule has 5 rings (SSSR count). The van der Waals surface area contributed by atoms with E-state index in [0.29, 0.717) is 0 Å². The molecule has 2 heteroatoms. The van der Waals surface area contributed by atoms with Crippen molar-refractivity contribution in [2.24, 2.45) is 0 Å². The second-order valence-electron chi connectivity index (χ2n) is 6.72. The van der Waals surface area contributed by atoms with Gasteiger partial charge in [-0.2, -0.15) is 0 Å². The average Bonchev–Trinajstić information content (AvgIpc) is 2.72. The Morgan fingerprint density at radius 3 is 1.74 bits per heavy atom. The third kappa shape index (κ3) is 2.59.